The van der Waals surface area contributed by atoms with Gasteiger partial charge in [-0.25, -0.2) is 4.99 Å². The Morgan fingerprint density at radius 2 is 1.66 bits per heavy atom. The van der Waals surface area contributed by atoms with Gasteiger partial charge in [0.25, 0.3) is 0 Å². The van der Waals surface area contributed by atoms with Gasteiger partial charge in [-0.15, -0.1) is 0 Å². The van der Waals surface area contributed by atoms with Crippen molar-refractivity contribution < 1.29 is 28.2 Å². The molecule has 1 amide bonds. The lowest BCUT2D eigenvalue weighted by Gasteiger charge is -2.12. The molecule has 1 saturated carbocycles. The number of aliphatic imine (C=N–C) groups is 1. The molecule has 38 heavy (non-hydrogen) atoms. The van der Waals surface area contributed by atoms with Gasteiger partial charge in [-0.05, 0) is 86.4 Å². The number of alkyl halides is 1. The van der Waals surface area contributed by atoms with E-state index in [2.05, 4.69) is 4.99 Å². The van der Waals surface area contributed by atoms with Crippen LogP contribution in [0.2, 0.25) is 0 Å². The number of unbranched alkanes of at least 4 members (excludes halogenated alkanes) is 2. The molecule has 0 spiro atoms. The first kappa shape index (κ1) is 29.2. The van der Waals surface area contributed by atoms with Crippen LogP contribution in [-0.2, 0) is 16.0 Å². The molecule has 0 heterocycles. The summed E-state index contributed by atoms with van der Waals surface area (Å²) in [6.45, 7) is 0.142. The van der Waals surface area contributed by atoms with Crippen LogP contribution in [0.1, 0.15) is 80.1 Å². The van der Waals surface area contributed by atoms with Crippen molar-refractivity contribution in [3.8, 4) is 11.5 Å². The number of amides is 1. The van der Waals surface area contributed by atoms with Crippen LogP contribution in [0, 0.1) is 5.92 Å². The van der Waals surface area contributed by atoms with Crippen LogP contribution in [0.4, 0.5) is 4.39 Å². The molecule has 0 N–H and O–H groups in total. The number of carbonyl (C=O) groups excluding carboxylic acids is 3. The van der Waals surface area contributed by atoms with E-state index < -0.39 is 0 Å². The predicted molar refractivity (Wildman–Crippen MR) is 146 cm³/mol. The minimum absolute atomic E-state index is 0.0463. The molecular weight excluding hydrogens is 485 g/mol. The van der Waals surface area contributed by atoms with E-state index >= 15 is 0 Å². The van der Waals surface area contributed by atoms with E-state index in [1.165, 1.54) is 0 Å². The van der Waals surface area contributed by atoms with Crippen LogP contribution >= 0.6 is 0 Å². The van der Waals surface area contributed by atoms with Crippen LogP contribution in [0.5, 0.6) is 11.5 Å². The smallest absolute Gasteiger partial charge is 0.245 e. The molecule has 1 atom stereocenters. The lowest BCUT2D eigenvalue weighted by atomic mass is 9.96. The number of methoxy groups -OCH3 is 1. The Kier molecular flexibility index (Phi) is 12.1. The van der Waals surface area contributed by atoms with Crippen LogP contribution in [-0.4, -0.2) is 43.6 Å². The zero-order chi connectivity index (χ0) is 27.2. The zero-order valence-electron chi connectivity index (χ0n) is 22.3. The van der Waals surface area contributed by atoms with Crippen LogP contribution < -0.4 is 9.47 Å². The van der Waals surface area contributed by atoms with Crippen molar-refractivity contribution in [2.45, 2.75) is 70.6 Å². The van der Waals surface area contributed by atoms with Crippen molar-refractivity contribution >= 4 is 23.2 Å². The number of nitrogens with zero attached hydrogens (tertiary/aromatic N) is 1. The lowest BCUT2D eigenvalue weighted by Crippen LogP contribution is -2.12. The van der Waals surface area contributed by atoms with E-state index in [4.69, 9.17) is 9.47 Å². The third-order valence-corrected chi connectivity index (χ3v) is 6.74. The van der Waals surface area contributed by atoms with E-state index in [-0.39, 0.29) is 36.5 Å². The number of rotatable bonds is 16. The SMILES string of the molecule is COc1ccc(C(=O)CCCCC(=O)N=C(Cc2ccc(OCCCCF)cc2)CC2CCC(=O)C2)cc1. The standard InChI is InChI=1S/C31H38FNO5/c1-37-28-16-11-25(12-17-28)30(35)6-2-3-7-31(36)33-26(21-24-8-13-27(34)22-24)20-23-9-14-29(15-10-23)38-19-5-4-18-32/h9-12,14-17,24H,2-8,13,18-22H2,1H3. The number of Topliss-reactive ketones (excluding diaryl/α,β-unsaturated/α-hetero) is 2. The second kappa shape index (κ2) is 15.8. The highest BCUT2D eigenvalue weighted by Gasteiger charge is 2.24. The fourth-order valence-corrected chi connectivity index (χ4v) is 4.60. The van der Waals surface area contributed by atoms with Gasteiger partial charge >= 0.3 is 0 Å². The van der Waals surface area contributed by atoms with Gasteiger partial charge in [-0.2, -0.15) is 0 Å². The molecule has 0 aliphatic heterocycles. The average molecular weight is 524 g/mol. The van der Waals surface area contributed by atoms with Crippen molar-refractivity contribution in [1.29, 1.82) is 0 Å². The number of ether oxygens (including phenoxy) is 2. The number of benzene rings is 2. The molecule has 0 aromatic heterocycles. The molecule has 0 bridgehead atoms. The van der Waals surface area contributed by atoms with Gasteiger partial charge in [0.15, 0.2) is 5.78 Å². The number of hydrogen-bond donors (Lipinski definition) is 0. The molecule has 7 heteroatoms. The Bertz CT molecular complexity index is 1080. The Morgan fingerprint density at radius 3 is 2.32 bits per heavy atom. The van der Waals surface area contributed by atoms with Gasteiger partial charge in [0.2, 0.25) is 5.91 Å². The van der Waals surface area contributed by atoms with Crippen molar-refractivity contribution in [1.82, 2.24) is 0 Å². The first-order valence-corrected chi connectivity index (χ1v) is 13.5. The van der Waals surface area contributed by atoms with Gasteiger partial charge in [-0.1, -0.05) is 12.1 Å². The van der Waals surface area contributed by atoms with Gasteiger partial charge in [0, 0.05) is 43.4 Å². The molecular formula is C31H38FNO5. The number of ketones is 2. The Labute approximate surface area is 224 Å². The normalized spacial score (nSPS) is 15.5. The van der Waals surface area contributed by atoms with Crippen LogP contribution in [0.3, 0.4) is 0 Å². The van der Waals surface area contributed by atoms with E-state index in [1.807, 2.05) is 24.3 Å². The maximum absolute atomic E-state index is 12.7. The fraction of sp³-hybridized carbons (Fsp3) is 0.484. The van der Waals surface area contributed by atoms with Crippen molar-refractivity contribution in [2.24, 2.45) is 10.9 Å². The monoisotopic (exact) mass is 523 g/mol. The highest BCUT2D eigenvalue weighted by atomic mass is 19.1. The maximum atomic E-state index is 12.7. The largest absolute Gasteiger partial charge is 0.497 e. The summed E-state index contributed by atoms with van der Waals surface area (Å²) in [5.41, 5.74) is 2.45. The Morgan fingerprint density at radius 1 is 0.947 bits per heavy atom. The van der Waals surface area contributed by atoms with E-state index in [1.54, 1.807) is 31.4 Å². The van der Waals surface area contributed by atoms with Crippen LogP contribution in [0.25, 0.3) is 0 Å². The molecule has 1 unspecified atom stereocenters. The number of hydrogen-bond acceptors (Lipinski definition) is 5. The molecule has 0 saturated heterocycles. The van der Waals surface area contributed by atoms with Gasteiger partial charge in [-0.3, -0.25) is 18.8 Å². The molecule has 0 radical (unpaired) electrons. The van der Waals surface area contributed by atoms with Crippen LogP contribution in [0.15, 0.2) is 53.5 Å². The summed E-state index contributed by atoms with van der Waals surface area (Å²) in [5, 5.41) is 0. The third kappa shape index (κ3) is 10.2. The summed E-state index contributed by atoms with van der Waals surface area (Å²) in [7, 11) is 1.58. The molecule has 3 rings (SSSR count). The quantitative estimate of drug-likeness (QED) is 0.142. The second-order valence-corrected chi connectivity index (χ2v) is 9.85. The number of halogens is 1. The highest BCUT2D eigenvalue weighted by molar-refractivity contribution is 5.98. The molecule has 6 nitrogen and oxygen atoms in total. The minimum Gasteiger partial charge on any atom is -0.497 e. The molecule has 2 aromatic carbocycles. The predicted octanol–water partition coefficient (Wildman–Crippen LogP) is 6.54. The van der Waals surface area contributed by atoms with Gasteiger partial charge < -0.3 is 9.47 Å². The Hall–Kier alpha value is -3.35. The second-order valence-electron chi connectivity index (χ2n) is 9.85. The Balaban J connectivity index is 1.51. The van der Waals surface area contributed by atoms with Crippen molar-refractivity contribution in [3.05, 3.63) is 59.7 Å². The lowest BCUT2D eigenvalue weighted by molar-refractivity contribution is -0.118. The summed E-state index contributed by atoms with van der Waals surface area (Å²) in [5.74, 6) is 1.80. The zero-order valence-corrected chi connectivity index (χ0v) is 22.3. The summed E-state index contributed by atoms with van der Waals surface area (Å²) in [4.78, 5) is 41.3. The fourth-order valence-electron chi connectivity index (χ4n) is 4.60. The minimum atomic E-state index is -0.336. The highest BCUT2D eigenvalue weighted by Crippen LogP contribution is 2.26. The van der Waals surface area contributed by atoms with E-state index in [0.29, 0.717) is 75.7 Å². The third-order valence-electron chi connectivity index (χ3n) is 6.74. The van der Waals surface area contributed by atoms with Crippen molar-refractivity contribution in [3.63, 3.8) is 0 Å². The first-order valence-electron chi connectivity index (χ1n) is 13.5. The molecule has 1 fully saturated rings. The topological polar surface area (TPSA) is 82.0 Å². The summed E-state index contributed by atoms with van der Waals surface area (Å²) < 4.78 is 23.0. The first-order chi connectivity index (χ1) is 18.5. The molecule has 2 aromatic rings. The summed E-state index contributed by atoms with van der Waals surface area (Å²) in [6.07, 6.45) is 6.20. The number of carbonyl (C=O) groups is 3. The van der Waals surface area contributed by atoms with Gasteiger partial charge in [0.05, 0.1) is 20.4 Å². The average Bonchev–Trinajstić information content (AvgIpc) is 3.34. The van der Waals surface area contributed by atoms with Crippen molar-refractivity contribution in [2.75, 3.05) is 20.4 Å². The molecule has 1 aliphatic rings. The van der Waals surface area contributed by atoms with Gasteiger partial charge in [0.1, 0.15) is 17.3 Å². The molecule has 1 aliphatic carbocycles. The van der Waals surface area contributed by atoms with E-state index in [0.717, 1.165) is 23.4 Å². The maximum Gasteiger partial charge on any atom is 0.245 e. The molecule has 204 valence electrons. The summed E-state index contributed by atoms with van der Waals surface area (Å²) >= 11 is 0. The van der Waals surface area contributed by atoms with E-state index in [9.17, 15) is 18.8 Å². The summed E-state index contributed by atoms with van der Waals surface area (Å²) in [6, 6.07) is 14.7.